The van der Waals surface area contributed by atoms with Gasteiger partial charge < -0.3 is 4.74 Å². The van der Waals surface area contributed by atoms with E-state index in [9.17, 15) is 4.79 Å². The standard InChI is InChI=1S/C17H24Cl2N2O2/c1-3-5-6-7-10-20-17(23-11-4-2)21-16(22)13-8-9-14(18)15(19)12-13/h8-9,12H,3-7,10-11H2,1-2H3,(H,20,21,22). The number of hydrogen-bond donors (Lipinski definition) is 1. The molecule has 1 rings (SSSR count). The van der Waals surface area contributed by atoms with Crippen molar-refractivity contribution in [1.82, 2.24) is 5.32 Å². The number of nitrogens with one attached hydrogen (secondary N) is 1. The van der Waals surface area contributed by atoms with Crippen molar-refractivity contribution in [2.24, 2.45) is 4.99 Å². The lowest BCUT2D eigenvalue weighted by Gasteiger charge is -2.10. The lowest BCUT2D eigenvalue weighted by molar-refractivity contribution is 0.0965. The van der Waals surface area contributed by atoms with E-state index >= 15 is 0 Å². The summed E-state index contributed by atoms with van der Waals surface area (Å²) in [6, 6.07) is 4.99. The van der Waals surface area contributed by atoms with E-state index in [1.807, 2.05) is 6.92 Å². The van der Waals surface area contributed by atoms with Gasteiger partial charge in [-0.25, -0.2) is 4.99 Å². The normalized spacial score (nSPS) is 11.4. The van der Waals surface area contributed by atoms with Crippen LogP contribution >= 0.6 is 23.2 Å². The summed E-state index contributed by atoms with van der Waals surface area (Å²) >= 11 is 11.8. The fourth-order valence-electron chi connectivity index (χ4n) is 1.85. The van der Waals surface area contributed by atoms with Gasteiger partial charge in [-0.15, -0.1) is 0 Å². The summed E-state index contributed by atoms with van der Waals surface area (Å²) in [7, 11) is 0. The first-order chi connectivity index (χ1) is 11.1. The molecule has 1 aromatic carbocycles. The van der Waals surface area contributed by atoms with E-state index in [4.69, 9.17) is 27.9 Å². The first-order valence-corrected chi connectivity index (χ1v) is 8.77. The van der Waals surface area contributed by atoms with Gasteiger partial charge in [0.05, 0.1) is 16.7 Å². The van der Waals surface area contributed by atoms with Crippen molar-refractivity contribution in [3.8, 4) is 0 Å². The van der Waals surface area contributed by atoms with Crippen LogP contribution in [0.15, 0.2) is 23.2 Å². The van der Waals surface area contributed by atoms with Crippen LogP contribution in [-0.4, -0.2) is 25.1 Å². The number of ether oxygens (including phenoxy) is 1. The van der Waals surface area contributed by atoms with Crippen LogP contribution in [0.25, 0.3) is 0 Å². The lowest BCUT2D eigenvalue weighted by atomic mass is 10.2. The molecule has 0 atom stereocenters. The van der Waals surface area contributed by atoms with Crippen LogP contribution in [0.5, 0.6) is 0 Å². The van der Waals surface area contributed by atoms with Crippen LogP contribution in [0.2, 0.25) is 10.0 Å². The lowest BCUT2D eigenvalue weighted by Crippen LogP contribution is -2.33. The first-order valence-electron chi connectivity index (χ1n) is 8.02. The molecule has 4 nitrogen and oxygen atoms in total. The molecule has 128 valence electrons. The van der Waals surface area contributed by atoms with Crippen LogP contribution in [0.1, 0.15) is 56.3 Å². The number of hydrogen-bond acceptors (Lipinski definition) is 3. The molecule has 0 aliphatic carbocycles. The SMILES string of the molecule is CCCCCCN=C(NC(=O)c1ccc(Cl)c(Cl)c1)OCCC. The molecule has 1 aromatic rings. The van der Waals surface area contributed by atoms with Crippen molar-refractivity contribution >= 4 is 35.1 Å². The van der Waals surface area contributed by atoms with Crippen LogP contribution in [0.3, 0.4) is 0 Å². The van der Waals surface area contributed by atoms with Gasteiger partial charge >= 0.3 is 0 Å². The van der Waals surface area contributed by atoms with Crippen molar-refractivity contribution < 1.29 is 9.53 Å². The van der Waals surface area contributed by atoms with Crippen molar-refractivity contribution in [1.29, 1.82) is 0 Å². The zero-order valence-electron chi connectivity index (χ0n) is 13.7. The Morgan fingerprint density at radius 3 is 2.57 bits per heavy atom. The number of amidine groups is 1. The van der Waals surface area contributed by atoms with Crippen molar-refractivity contribution in [3.05, 3.63) is 33.8 Å². The van der Waals surface area contributed by atoms with E-state index in [1.165, 1.54) is 18.9 Å². The van der Waals surface area contributed by atoms with Crippen molar-refractivity contribution in [3.63, 3.8) is 0 Å². The van der Waals surface area contributed by atoms with E-state index in [0.717, 1.165) is 19.3 Å². The highest BCUT2D eigenvalue weighted by molar-refractivity contribution is 6.42. The largest absolute Gasteiger partial charge is 0.465 e. The fourth-order valence-corrected chi connectivity index (χ4v) is 2.14. The number of rotatable bonds is 8. The fraction of sp³-hybridized carbons (Fsp3) is 0.529. The Labute approximate surface area is 148 Å². The van der Waals surface area contributed by atoms with Crippen molar-refractivity contribution in [2.75, 3.05) is 13.2 Å². The number of carbonyl (C=O) groups is 1. The predicted molar refractivity (Wildman–Crippen MR) is 96.6 cm³/mol. The Kier molecular flexibility index (Phi) is 9.72. The van der Waals surface area contributed by atoms with E-state index in [1.54, 1.807) is 12.1 Å². The highest BCUT2D eigenvalue weighted by Crippen LogP contribution is 2.22. The molecule has 0 saturated heterocycles. The third-order valence-corrected chi connectivity index (χ3v) is 3.85. The smallest absolute Gasteiger partial charge is 0.291 e. The van der Waals surface area contributed by atoms with Gasteiger partial charge in [-0.3, -0.25) is 10.1 Å². The summed E-state index contributed by atoms with van der Waals surface area (Å²) in [4.78, 5) is 16.6. The molecule has 0 unspecified atom stereocenters. The number of halogens is 2. The minimum atomic E-state index is -0.313. The number of benzene rings is 1. The van der Waals surface area contributed by atoms with Gasteiger partial charge in [-0.2, -0.15) is 0 Å². The van der Waals surface area contributed by atoms with E-state index in [0.29, 0.717) is 28.8 Å². The summed E-state index contributed by atoms with van der Waals surface area (Å²) in [6.07, 6.45) is 5.32. The van der Waals surface area contributed by atoms with Gasteiger partial charge in [0.1, 0.15) is 0 Å². The molecule has 0 saturated carbocycles. The number of nitrogens with zero attached hydrogens (tertiary/aromatic N) is 1. The molecule has 0 radical (unpaired) electrons. The minimum Gasteiger partial charge on any atom is -0.465 e. The summed E-state index contributed by atoms with van der Waals surface area (Å²) < 4.78 is 5.50. The van der Waals surface area contributed by atoms with Crippen LogP contribution < -0.4 is 5.32 Å². The third-order valence-electron chi connectivity index (χ3n) is 3.11. The molecule has 0 fully saturated rings. The molecule has 0 heterocycles. The first kappa shape index (κ1) is 19.8. The van der Waals surface area contributed by atoms with Gasteiger partial charge in [0, 0.05) is 12.1 Å². The van der Waals surface area contributed by atoms with E-state index in [2.05, 4.69) is 17.2 Å². The van der Waals surface area contributed by atoms with Gasteiger partial charge in [0.25, 0.3) is 11.9 Å². The van der Waals surface area contributed by atoms with E-state index in [-0.39, 0.29) is 11.9 Å². The van der Waals surface area contributed by atoms with Crippen LogP contribution in [0, 0.1) is 0 Å². The van der Waals surface area contributed by atoms with Crippen LogP contribution in [0.4, 0.5) is 0 Å². The molecular formula is C17H24Cl2N2O2. The maximum Gasteiger partial charge on any atom is 0.291 e. The average Bonchev–Trinajstić information content (AvgIpc) is 2.54. The summed E-state index contributed by atoms with van der Waals surface area (Å²) in [5, 5.41) is 3.44. The molecule has 0 aromatic heterocycles. The quantitative estimate of drug-likeness (QED) is 0.399. The molecule has 23 heavy (non-hydrogen) atoms. The summed E-state index contributed by atoms with van der Waals surface area (Å²) in [5.41, 5.74) is 0.415. The number of unbranched alkanes of at least 4 members (excludes halogenated alkanes) is 3. The molecule has 1 N–H and O–H groups in total. The van der Waals surface area contributed by atoms with Gasteiger partial charge in [-0.1, -0.05) is 56.3 Å². The van der Waals surface area contributed by atoms with Crippen molar-refractivity contribution in [2.45, 2.75) is 46.0 Å². The number of aliphatic imine (C=N–C) groups is 1. The zero-order valence-corrected chi connectivity index (χ0v) is 15.2. The Morgan fingerprint density at radius 2 is 1.91 bits per heavy atom. The Hall–Kier alpha value is -1.26. The second kappa shape index (κ2) is 11.3. The highest BCUT2D eigenvalue weighted by Gasteiger charge is 2.11. The Balaban J connectivity index is 2.65. The number of carbonyl (C=O) groups excluding carboxylic acids is 1. The molecule has 0 spiro atoms. The molecule has 0 aliphatic rings. The maximum atomic E-state index is 12.2. The summed E-state index contributed by atoms with van der Waals surface area (Å²) in [5.74, 6) is -0.313. The van der Waals surface area contributed by atoms with Gasteiger partial charge in [0.15, 0.2) is 0 Å². The second-order valence-electron chi connectivity index (χ2n) is 5.18. The highest BCUT2D eigenvalue weighted by atomic mass is 35.5. The molecule has 0 aliphatic heterocycles. The van der Waals surface area contributed by atoms with Gasteiger partial charge in [-0.05, 0) is 31.0 Å². The predicted octanol–water partition coefficient (Wildman–Crippen LogP) is 5.09. The minimum absolute atomic E-state index is 0.263. The topological polar surface area (TPSA) is 50.7 Å². The molecule has 1 amide bonds. The van der Waals surface area contributed by atoms with Crippen LogP contribution in [-0.2, 0) is 4.74 Å². The Bertz CT molecular complexity index is 533. The second-order valence-corrected chi connectivity index (χ2v) is 5.99. The third kappa shape index (κ3) is 7.71. The summed E-state index contributed by atoms with van der Waals surface area (Å²) in [6.45, 7) is 5.31. The number of amides is 1. The maximum absolute atomic E-state index is 12.2. The molecule has 6 heteroatoms. The zero-order chi connectivity index (χ0) is 17.1. The monoisotopic (exact) mass is 358 g/mol. The molecular weight excluding hydrogens is 335 g/mol. The van der Waals surface area contributed by atoms with Gasteiger partial charge in [0.2, 0.25) is 0 Å². The average molecular weight is 359 g/mol. The molecule has 0 bridgehead atoms. The Morgan fingerprint density at radius 1 is 1.13 bits per heavy atom. The van der Waals surface area contributed by atoms with E-state index < -0.39 is 0 Å².